The van der Waals surface area contributed by atoms with Gasteiger partial charge in [-0.2, -0.15) is 5.10 Å². The van der Waals surface area contributed by atoms with Gasteiger partial charge in [-0.25, -0.2) is 0 Å². The average molecular weight is 271 g/mol. The van der Waals surface area contributed by atoms with Crippen molar-refractivity contribution in [3.8, 4) is 0 Å². The Morgan fingerprint density at radius 3 is 3.17 bits per heavy atom. The summed E-state index contributed by atoms with van der Waals surface area (Å²) in [5, 5.41) is 7.14. The highest BCUT2D eigenvalue weighted by atomic mass is 32.1. The first kappa shape index (κ1) is 13.7. The molecule has 1 aliphatic rings. The molecule has 0 amide bonds. The number of methoxy groups -OCH3 is 1. The monoisotopic (exact) mass is 271 g/mol. The first-order valence-electron chi connectivity index (χ1n) is 6.56. The molecule has 1 aromatic heterocycles. The van der Waals surface area contributed by atoms with Crippen LogP contribution in [0.1, 0.15) is 31.5 Å². The Bertz CT molecular complexity index is 410. The number of nitrogens with zero attached hydrogens (tertiary/aromatic N) is 2. The third-order valence-corrected chi connectivity index (χ3v) is 3.63. The largest absolute Gasteiger partial charge is 0.383 e. The normalized spacial score (nSPS) is 20.2. The van der Waals surface area contributed by atoms with Crippen LogP contribution in [0.2, 0.25) is 0 Å². The molecule has 1 saturated heterocycles. The predicted octanol–water partition coefficient (Wildman–Crippen LogP) is 2.09. The minimum atomic E-state index is 0.389. The van der Waals surface area contributed by atoms with E-state index in [1.807, 2.05) is 4.57 Å². The molecule has 0 saturated carbocycles. The minimum absolute atomic E-state index is 0.389. The molecule has 0 aromatic carbocycles. The number of aryl methyl sites for hydroxylation is 1. The van der Waals surface area contributed by atoms with E-state index in [9.17, 15) is 0 Å². The van der Waals surface area contributed by atoms with Gasteiger partial charge in [-0.1, -0.05) is 0 Å². The summed E-state index contributed by atoms with van der Waals surface area (Å²) in [6.45, 7) is 2.31. The van der Waals surface area contributed by atoms with Crippen molar-refractivity contribution in [2.24, 2.45) is 0 Å². The first-order chi connectivity index (χ1) is 8.81. The Morgan fingerprint density at radius 2 is 2.44 bits per heavy atom. The lowest BCUT2D eigenvalue weighted by molar-refractivity contribution is 0.0110. The lowest BCUT2D eigenvalue weighted by atomic mass is 10.0. The second-order valence-corrected chi connectivity index (χ2v) is 5.00. The molecule has 5 nitrogen and oxygen atoms in total. The van der Waals surface area contributed by atoms with E-state index in [2.05, 4.69) is 10.2 Å². The molecular weight excluding hydrogens is 250 g/mol. The van der Waals surface area contributed by atoms with E-state index < -0.39 is 0 Å². The zero-order valence-corrected chi connectivity index (χ0v) is 11.7. The third-order valence-electron chi connectivity index (χ3n) is 3.32. The number of hydrogen-bond acceptors (Lipinski definition) is 4. The molecule has 1 aromatic rings. The van der Waals surface area contributed by atoms with Crippen molar-refractivity contribution >= 4 is 12.2 Å². The van der Waals surface area contributed by atoms with Gasteiger partial charge in [-0.3, -0.25) is 5.10 Å². The van der Waals surface area contributed by atoms with Crippen molar-refractivity contribution in [2.75, 3.05) is 20.3 Å². The van der Waals surface area contributed by atoms with Crippen molar-refractivity contribution in [2.45, 2.75) is 44.8 Å². The van der Waals surface area contributed by atoms with Crippen molar-refractivity contribution in [1.82, 2.24) is 14.8 Å². The number of H-pyrrole nitrogens is 1. The Hall–Kier alpha value is -0.720. The maximum absolute atomic E-state index is 5.73. The number of aromatic nitrogens is 3. The standard InChI is InChI=1S/C12H21N3O2S/c1-16-9-7-15-11(13-14-12(15)18)6-5-10-4-2-3-8-17-10/h10H,2-9H2,1H3,(H,14,18). The second-order valence-electron chi connectivity index (χ2n) is 4.62. The van der Waals surface area contributed by atoms with E-state index in [1.54, 1.807) is 7.11 Å². The molecule has 1 atom stereocenters. The fraction of sp³-hybridized carbons (Fsp3) is 0.833. The van der Waals surface area contributed by atoms with Crippen LogP contribution >= 0.6 is 12.2 Å². The molecule has 18 heavy (non-hydrogen) atoms. The van der Waals surface area contributed by atoms with E-state index >= 15 is 0 Å². The van der Waals surface area contributed by atoms with Gasteiger partial charge in [0, 0.05) is 26.7 Å². The summed E-state index contributed by atoms with van der Waals surface area (Å²) < 4.78 is 13.5. The van der Waals surface area contributed by atoms with Gasteiger partial charge in [0.1, 0.15) is 5.82 Å². The molecular formula is C12H21N3O2S. The molecule has 0 bridgehead atoms. The van der Waals surface area contributed by atoms with Crippen LogP contribution < -0.4 is 0 Å². The van der Waals surface area contributed by atoms with Crippen LogP contribution in [0.25, 0.3) is 0 Å². The summed E-state index contributed by atoms with van der Waals surface area (Å²) in [4.78, 5) is 0. The quantitative estimate of drug-likeness (QED) is 0.805. The number of nitrogens with one attached hydrogen (secondary N) is 1. The van der Waals surface area contributed by atoms with Gasteiger partial charge in [0.2, 0.25) is 0 Å². The van der Waals surface area contributed by atoms with Gasteiger partial charge in [0.05, 0.1) is 12.7 Å². The molecule has 1 N–H and O–H groups in total. The summed E-state index contributed by atoms with van der Waals surface area (Å²) >= 11 is 5.21. The van der Waals surface area contributed by atoms with Crippen LogP contribution in [0.5, 0.6) is 0 Å². The van der Waals surface area contributed by atoms with Gasteiger partial charge >= 0.3 is 0 Å². The molecule has 1 aliphatic heterocycles. The Labute approximate surface area is 112 Å². The van der Waals surface area contributed by atoms with E-state index in [0.717, 1.165) is 31.8 Å². The van der Waals surface area contributed by atoms with E-state index in [1.165, 1.54) is 19.3 Å². The average Bonchev–Trinajstić information content (AvgIpc) is 2.76. The number of aromatic amines is 1. The summed E-state index contributed by atoms with van der Waals surface area (Å²) in [6, 6.07) is 0. The van der Waals surface area contributed by atoms with E-state index in [-0.39, 0.29) is 0 Å². The lowest BCUT2D eigenvalue weighted by Crippen LogP contribution is -2.20. The maximum atomic E-state index is 5.73. The Balaban J connectivity index is 1.89. The highest BCUT2D eigenvalue weighted by Crippen LogP contribution is 2.17. The number of rotatable bonds is 6. The van der Waals surface area contributed by atoms with Crippen LogP contribution in [-0.4, -0.2) is 41.2 Å². The van der Waals surface area contributed by atoms with Crippen LogP contribution in [0, 0.1) is 4.77 Å². The molecule has 0 radical (unpaired) electrons. The fourth-order valence-corrected chi connectivity index (χ4v) is 2.52. The molecule has 0 aliphatic carbocycles. The maximum Gasteiger partial charge on any atom is 0.195 e. The van der Waals surface area contributed by atoms with Gasteiger partial charge in [-0.15, -0.1) is 0 Å². The van der Waals surface area contributed by atoms with Gasteiger partial charge < -0.3 is 14.0 Å². The molecule has 2 rings (SSSR count). The smallest absolute Gasteiger partial charge is 0.195 e. The van der Waals surface area contributed by atoms with Gasteiger partial charge in [0.15, 0.2) is 4.77 Å². The molecule has 102 valence electrons. The Morgan fingerprint density at radius 1 is 1.56 bits per heavy atom. The predicted molar refractivity (Wildman–Crippen MR) is 71.2 cm³/mol. The summed E-state index contributed by atoms with van der Waals surface area (Å²) in [7, 11) is 1.69. The first-order valence-corrected chi connectivity index (χ1v) is 6.96. The number of ether oxygens (including phenoxy) is 2. The van der Waals surface area contributed by atoms with Crippen molar-refractivity contribution < 1.29 is 9.47 Å². The summed E-state index contributed by atoms with van der Waals surface area (Å²) in [5.74, 6) is 1.01. The molecule has 6 heteroatoms. The SMILES string of the molecule is COCCn1c(CCC2CCCCO2)n[nH]c1=S. The minimum Gasteiger partial charge on any atom is -0.383 e. The molecule has 2 heterocycles. The van der Waals surface area contributed by atoms with Gasteiger partial charge in [-0.05, 0) is 37.9 Å². The van der Waals surface area contributed by atoms with E-state index in [4.69, 9.17) is 21.7 Å². The molecule has 1 unspecified atom stereocenters. The third kappa shape index (κ3) is 3.63. The Kier molecular flexibility index (Phi) is 5.34. The fourth-order valence-electron chi connectivity index (χ4n) is 2.28. The topological polar surface area (TPSA) is 52.1 Å². The zero-order chi connectivity index (χ0) is 12.8. The van der Waals surface area contributed by atoms with Gasteiger partial charge in [0.25, 0.3) is 0 Å². The van der Waals surface area contributed by atoms with Crippen LogP contribution in [0.4, 0.5) is 0 Å². The van der Waals surface area contributed by atoms with Crippen LogP contribution in [0.15, 0.2) is 0 Å². The van der Waals surface area contributed by atoms with Crippen LogP contribution in [-0.2, 0) is 22.4 Å². The summed E-state index contributed by atoms with van der Waals surface area (Å²) in [6.07, 6.45) is 5.96. The molecule has 1 fully saturated rings. The molecule has 0 spiro atoms. The van der Waals surface area contributed by atoms with E-state index in [0.29, 0.717) is 17.5 Å². The summed E-state index contributed by atoms with van der Waals surface area (Å²) in [5.41, 5.74) is 0. The highest BCUT2D eigenvalue weighted by molar-refractivity contribution is 7.71. The lowest BCUT2D eigenvalue weighted by Gasteiger charge is -2.22. The van der Waals surface area contributed by atoms with Crippen molar-refractivity contribution in [3.63, 3.8) is 0 Å². The second kappa shape index (κ2) is 7.01. The van der Waals surface area contributed by atoms with Crippen LogP contribution in [0.3, 0.4) is 0 Å². The highest BCUT2D eigenvalue weighted by Gasteiger charge is 2.15. The van der Waals surface area contributed by atoms with Crippen molar-refractivity contribution in [3.05, 3.63) is 10.6 Å². The number of hydrogen-bond donors (Lipinski definition) is 1. The zero-order valence-electron chi connectivity index (χ0n) is 10.9. The van der Waals surface area contributed by atoms with Crippen molar-refractivity contribution in [1.29, 1.82) is 0 Å².